The van der Waals surface area contributed by atoms with Crippen LogP contribution in [-0.4, -0.2) is 5.78 Å². The number of hydrogen-bond acceptors (Lipinski definition) is 2. The van der Waals surface area contributed by atoms with Gasteiger partial charge in [-0.2, -0.15) is 5.26 Å². The lowest BCUT2D eigenvalue weighted by atomic mass is 9.91. The molecule has 0 aromatic heterocycles. The molecule has 1 unspecified atom stereocenters. The molecule has 4 heteroatoms. The van der Waals surface area contributed by atoms with E-state index >= 15 is 0 Å². The van der Waals surface area contributed by atoms with Crippen molar-refractivity contribution in [3.63, 3.8) is 0 Å². The Morgan fingerprint density at radius 1 is 1.30 bits per heavy atom. The highest BCUT2D eigenvalue weighted by molar-refractivity contribution is 9.10. The van der Waals surface area contributed by atoms with Crippen molar-refractivity contribution >= 4 is 21.7 Å². The monoisotopic (exact) mass is 331 g/mol. The molecular weight excluding hydrogens is 321 g/mol. The van der Waals surface area contributed by atoms with Crippen LogP contribution in [0.4, 0.5) is 4.39 Å². The van der Waals surface area contributed by atoms with E-state index in [-0.39, 0.29) is 5.56 Å². The molecule has 0 aliphatic rings. The molecule has 0 heterocycles. The Labute approximate surface area is 125 Å². The lowest BCUT2D eigenvalue weighted by Gasteiger charge is -2.11. The number of benzene rings is 2. The average Bonchev–Trinajstić information content (AvgIpc) is 2.39. The van der Waals surface area contributed by atoms with Gasteiger partial charge in [0, 0.05) is 4.47 Å². The number of hydrogen-bond donors (Lipinski definition) is 0. The Balaban J connectivity index is 2.48. The fourth-order valence-corrected chi connectivity index (χ4v) is 2.55. The maximum atomic E-state index is 13.8. The standard InChI is InChI=1S/C16H11BrFNO/c1-10-4-2-5-11(8-10)12(9-19)16(20)15-13(17)6-3-7-14(15)18/h2-8,12H,1H3. The first kappa shape index (κ1) is 14.4. The summed E-state index contributed by atoms with van der Waals surface area (Å²) in [6, 6.07) is 13.4. The second kappa shape index (κ2) is 5.98. The third kappa shape index (κ3) is 2.78. The largest absolute Gasteiger partial charge is 0.292 e. The first-order valence-electron chi connectivity index (χ1n) is 5.99. The minimum Gasteiger partial charge on any atom is -0.292 e. The van der Waals surface area contributed by atoms with Crippen LogP contribution in [0.1, 0.15) is 27.4 Å². The molecule has 0 aliphatic heterocycles. The van der Waals surface area contributed by atoms with Crippen molar-refractivity contribution < 1.29 is 9.18 Å². The molecule has 0 bridgehead atoms. The van der Waals surface area contributed by atoms with E-state index in [9.17, 15) is 14.4 Å². The summed E-state index contributed by atoms with van der Waals surface area (Å²) in [7, 11) is 0. The molecule has 0 radical (unpaired) electrons. The Bertz CT molecular complexity index is 686. The van der Waals surface area contributed by atoms with Gasteiger partial charge in [0.1, 0.15) is 11.7 Å². The summed E-state index contributed by atoms with van der Waals surface area (Å²) in [4.78, 5) is 12.4. The predicted molar refractivity (Wildman–Crippen MR) is 78.0 cm³/mol. The van der Waals surface area contributed by atoms with Crippen molar-refractivity contribution in [2.24, 2.45) is 0 Å². The first-order chi connectivity index (χ1) is 9.54. The molecule has 2 aromatic rings. The quantitative estimate of drug-likeness (QED) is 0.783. The Hall–Kier alpha value is -1.99. The van der Waals surface area contributed by atoms with Crippen molar-refractivity contribution in [3.05, 3.63) is 69.4 Å². The smallest absolute Gasteiger partial charge is 0.188 e. The van der Waals surface area contributed by atoms with Gasteiger partial charge in [0.15, 0.2) is 5.78 Å². The second-order valence-corrected chi connectivity index (χ2v) is 5.29. The molecule has 0 fully saturated rings. The van der Waals surface area contributed by atoms with E-state index < -0.39 is 17.5 Å². The zero-order valence-corrected chi connectivity index (χ0v) is 12.3. The summed E-state index contributed by atoms with van der Waals surface area (Å²) in [5.74, 6) is -2.18. The molecule has 0 amide bonds. The Kier molecular flexibility index (Phi) is 4.31. The van der Waals surface area contributed by atoms with Gasteiger partial charge >= 0.3 is 0 Å². The highest BCUT2D eigenvalue weighted by atomic mass is 79.9. The summed E-state index contributed by atoms with van der Waals surface area (Å²) < 4.78 is 14.2. The molecular formula is C16H11BrFNO. The topological polar surface area (TPSA) is 40.9 Å². The average molecular weight is 332 g/mol. The lowest BCUT2D eigenvalue weighted by Crippen LogP contribution is -2.14. The third-order valence-corrected chi connectivity index (χ3v) is 3.64. The maximum Gasteiger partial charge on any atom is 0.188 e. The van der Waals surface area contributed by atoms with Gasteiger partial charge in [-0.3, -0.25) is 4.79 Å². The van der Waals surface area contributed by atoms with Crippen LogP contribution in [0.3, 0.4) is 0 Å². The second-order valence-electron chi connectivity index (χ2n) is 4.44. The van der Waals surface area contributed by atoms with Crippen LogP contribution in [0.5, 0.6) is 0 Å². The normalized spacial score (nSPS) is 11.7. The molecule has 0 aliphatic carbocycles. The highest BCUT2D eigenvalue weighted by Crippen LogP contribution is 2.27. The van der Waals surface area contributed by atoms with Gasteiger partial charge in [-0.15, -0.1) is 0 Å². The minimum atomic E-state index is -1.01. The van der Waals surface area contributed by atoms with Gasteiger partial charge in [-0.05, 0) is 40.5 Å². The van der Waals surface area contributed by atoms with E-state index in [0.717, 1.165) is 5.56 Å². The summed E-state index contributed by atoms with van der Waals surface area (Å²) >= 11 is 3.16. The minimum absolute atomic E-state index is 0.0828. The van der Waals surface area contributed by atoms with Crippen molar-refractivity contribution in [1.82, 2.24) is 0 Å². The zero-order chi connectivity index (χ0) is 14.7. The van der Waals surface area contributed by atoms with Gasteiger partial charge in [0.2, 0.25) is 0 Å². The van der Waals surface area contributed by atoms with Gasteiger partial charge in [0.25, 0.3) is 0 Å². The number of aryl methyl sites for hydroxylation is 1. The van der Waals surface area contributed by atoms with Crippen LogP contribution in [-0.2, 0) is 0 Å². The SMILES string of the molecule is Cc1cccc(C(C#N)C(=O)c2c(F)cccc2Br)c1. The molecule has 0 N–H and O–H groups in total. The number of carbonyl (C=O) groups is 1. The fraction of sp³-hybridized carbons (Fsp3) is 0.125. The summed E-state index contributed by atoms with van der Waals surface area (Å²) in [6.45, 7) is 1.88. The molecule has 20 heavy (non-hydrogen) atoms. The van der Waals surface area contributed by atoms with E-state index in [1.165, 1.54) is 12.1 Å². The number of Topliss-reactive ketones (excluding diaryl/α,β-unsaturated/α-hetero) is 1. The van der Waals surface area contributed by atoms with Crippen molar-refractivity contribution in [2.45, 2.75) is 12.8 Å². The van der Waals surface area contributed by atoms with Crippen LogP contribution < -0.4 is 0 Å². The van der Waals surface area contributed by atoms with E-state index in [1.807, 2.05) is 19.1 Å². The van der Waals surface area contributed by atoms with Crippen LogP contribution in [0.25, 0.3) is 0 Å². The zero-order valence-electron chi connectivity index (χ0n) is 10.7. The van der Waals surface area contributed by atoms with Crippen LogP contribution >= 0.6 is 15.9 Å². The van der Waals surface area contributed by atoms with E-state index in [4.69, 9.17) is 0 Å². The van der Waals surface area contributed by atoms with Gasteiger partial charge in [-0.25, -0.2) is 4.39 Å². The number of nitrogens with zero attached hydrogens (tertiary/aromatic N) is 1. The number of rotatable bonds is 3. The summed E-state index contributed by atoms with van der Waals surface area (Å²) in [5, 5.41) is 9.28. The molecule has 0 saturated carbocycles. The van der Waals surface area contributed by atoms with Crippen molar-refractivity contribution in [1.29, 1.82) is 5.26 Å². The molecule has 0 saturated heterocycles. The molecule has 2 nitrogen and oxygen atoms in total. The van der Waals surface area contributed by atoms with E-state index in [2.05, 4.69) is 15.9 Å². The van der Waals surface area contributed by atoms with Gasteiger partial charge in [-0.1, -0.05) is 35.9 Å². The number of ketones is 1. The molecule has 2 rings (SSSR count). The van der Waals surface area contributed by atoms with Crippen LogP contribution in [0, 0.1) is 24.1 Å². The third-order valence-electron chi connectivity index (χ3n) is 2.98. The molecule has 0 spiro atoms. The molecule has 1 atom stereocenters. The van der Waals surface area contributed by atoms with E-state index in [1.54, 1.807) is 24.3 Å². The van der Waals surface area contributed by atoms with Crippen LogP contribution in [0.15, 0.2) is 46.9 Å². The first-order valence-corrected chi connectivity index (χ1v) is 6.78. The Morgan fingerprint density at radius 2 is 2.00 bits per heavy atom. The van der Waals surface area contributed by atoms with Gasteiger partial charge in [0.05, 0.1) is 11.6 Å². The van der Waals surface area contributed by atoms with Gasteiger partial charge < -0.3 is 0 Å². The lowest BCUT2D eigenvalue weighted by molar-refractivity contribution is 0.0974. The van der Waals surface area contributed by atoms with Crippen molar-refractivity contribution in [3.8, 4) is 6.07 Å². The number of nitriles is 1. The number of halogens is 2. The fourth-order valence-electron chi connectivity index (χ4n) is 2.01. The van der Waals surface area contributed by atoms with E-state index in [0.29, 0.717) is 10.0 Å². The predicted octanol–water partition coefficient (Wildman–Crippen LogP) is 4.39. The molecule has 100 valence electrons. The summed E-state index contributed by atoms with van der Waals surface area (Å²) in [5.41, 5.74) is 1.44. The van der Waals surface area contributed by atoms with Crippen molar-refractivity contribution in [2.75, 3.05) is 0 Å². The maximum absolute atomic E-state index is 13.8. The molecule has 2 aromatic carbocycles. The summed E-state index contributed by atoms with van der Waals surface area (Å²) in [6.07, 6.45) is 0. The highest BCUT2D eigenvalue weighted by Gasteiger charge is 2.26. The number of carbonyl (C=O) groups excluding carboxylic acids is 1. The Morgan fingerprint density at radius 3 is 2.60 bits per heavy atom. The van der Waals surface area contributed by atoms with Crippen LogP contribution in [0.2, 0.25) is 0 Å².